The molecule has 0 saturated heterocycles. The van der Waals surface area contributed by atoms with E-state index in [-0.39, 0.29) is 0 Å². The summed E-state index contributed by atoms with van der Waals surface area (Å²) in [7, 11) is 0. The van der Waals surface area contributed by atoms with Gasteiger partial charge in [-0.05, 0) is 61.7 Å². The normalized spacial score (nSPS) is 11.7. The van der Waals surface area contributed by atoms with Crippen LogP contribution in [-0.2, 0) is 6.42 Å². The quantitative estimate of drug-likeness (QED) is 0.417. The van der Waals surface area contributed by atoms with Crippen LogP contribution in [0.5, 0.6) is 0 Å². The number of hydrogen-bond acceptors (Lipinski definition) is 2. The minimum absolute atomic E-state index is 0.791. The largest absolute Gasteiger partial charge is 0.279 e. The first-order valence-corrected chi connectivity index (χ1v) is 9.33. The molecule has 0 spiro atoms. The van der Waals surface area contributed by atoms with Crippen LogP contribution in [0, 0.1) is 20.8 Å². The van der Waals surface area contributed by atoms with Gasteiger partial charge in [0.1, 0.15) is 11.5 Å². The van der Waals surface area contributed by atoms with Crippen LogP contribution in [0.4, 0.5) is 0 Å². The molecule has 0 fully saturated rings. The van der Waals surface area contributed by atoms with Gasteiger partial charge in [0.2, 0.25) is 0 Å². The first kappa shape index (κ1) is 16.0. The number of aromatic nitrogens is 3. The Labute approximate surface area is 158 Å². The number of benzene rings is 3. The number of imidazole rings is 1. The standard InChI is InChI=1S/C24H21N3/c1-15-12-16(2)19(17(3)13-15)14-23-25-20-9-5-4-8-18(20)24-26-21-10-6-7-11-22(21)27(23)24/h4-13H,14H2,1-3H3. The Hall–Kier alpha value is -3.20. The molecule has 0 atom stereocenters. The molecule has 3 nitrogen and oxygen atoms in total. The summed E-state index contributed by atoms with van der Waals surface area (Å²) in [6.07, 6.45) is 0.791. The van der Waals surface area contributed by atoms with Crippen molar-refractivity contribution in [3.63, 3.8) is 0 Å². The van der Waals surface area contributed by atoms with Crippen molar-refractivity contribution >= 4 is 27.6 Å². The molecule has 0 aliphatic rings. The molecule has 27 heavy (non-hydrogen) atoms. The lowest BCUT2D eigenvalue weighted by Gasteiger charge is -2.13. The zero-order valence-corrected chi connectivity index (χ0v) is 15.8. The third-order valence-corrected chi connectivity index (χ3v) is 5.39. The highest BCUT2D eigenvalue weighted by atomic mass is 15.1. The summed E-state index contributed by atoms with van der Waals surface area (Å²) in [5, 5.41) is 1.09. The van der Waals surface area contributed by atoms with E-state index in [9.17, 15) is 0 Å². The molecule has 2 aromatic heterocycles. The molecule has 0 unspecified atom stereocenters. The smallest absolute Gasteiger partial charge is 0.148 e. The first-order valence-electron chi connectivity index (χ1n) is 9.33. The van der Waals surface area contributed by atoms with E-state index in [1.807, 2.05) is 12.1 Å². The number of rotatable bonds is 2. The lowest BCUT2D eigenvalue weighted by molar-refractivity contribution is 0.942. The van der Waals surface area contributed by atoms with Crippen LogP contribution >= 0.6 is 0 Å². The minimum atomic E-state index is 0.791. The van der Waals surface area contributed by atoms with E-state index in [4.69, 9.17) is 9.97 Å². The molecular weight excluding hydrogens is 330 g/mol. The second-order valence-corrected chi connectivity index (χ2v) is 7.36. The second kappa shape index (κ2) is 5.92. The molecule has 3 aromatic carbocycles. The molecule has 132 valence electrons. The van der Waals surface area contributed by atoms with E-state index in [0.717, 1.165) is 39.8 Å². The molecule has 3 heteroatoms. The van der Waals surface area contributed by atoms with Crippen molar-refractivity contribution in [2.45, 2.75) is 27.2 Å². The Morgan fingerprint density at radius 1 is 0.778 bits per heavy atom. The average molecular weight is 351 g/mol. The first-order chi connectivity index (χ1) is 13.1. The predicted molar refractivity (Wildman–Crippen MR) is 111 cm³/mol. The van der Waals surface area contributed by atoms with Crippen molar-refractivity contribution in [2.75, 3.05) is 0 Å². The molecule has 0 N–H and O–H groups in total. The van der Waals surface area contributed by atoms with E-state index >= 15 is 0 Å². The van der Waals surface area contributed by atoms with E-state index in [1.54, 1.807) is 0 Å². The number of para-hydroxylation sites is 3. The van der Waals surface area contributed by atoms with Crippen LogP contribution < -0.4 is 0 Å². The van der Waals surface area contributed by atoms with Crippen LogP contribution in [-0.4, -0.2) is 14.4 Å². The maximum Gasteiger partial charge on any atom is 0.148 e. The van der Waals surface area contributed by atoms with Gasteiger partial charge in [0.05, 0.1) is 16.6 Å². The fourth-order valence-electron chi connectivity index (χ4n) is 4.18. The summed E-state index contributed by atoms with van der Waals surface area (Å²) in [4.78, 5) is 9.98. The van der Waals surface area contributed by atoms with Gasteiger partial charge in [-0.3, -0.25) is 4.40 Å². The lowest BCUT2D eigenvalue weighted by atomic mass is 9.97. The second-order valence-electron chi connectivity index (χ2n) is 7.36. The van der Waals surface area contributed by atoms with Crippen LogP contribution in [0.25, 0.3) is 27.6 Å². The molecule has 0 bridgehead atoms. The summed E-state index contributed by atoms with van der Waals surface area (Å²) in [6.45, 7) is 6.54. The Balaban J connectivity index is 1.85. The number of aryl methyl sites for hydroxylation is 3. The SMILES string of the molecule is Cc1cc(C)c(Cc2nc3ccccc3c3nc4ccccc4n23)c(C)c1. The van der Waals surface area contributed by atoms with Crippen LogP contribution in [0.1, 0.15) is 28.1 Å². The number of nitrogens with zero attached hydrogens (tertiary/aromatic N) is 3. The fourth-order valence-corrected chi connectivity index (χ4v) is 4.18. The Kier molecular flexibility index (Phi) is 3.51. The van der Waals surface area contributed by atoms with Gasteiger partial charge in [-0.1, -0.05) is 42.0 Å². The maximum atomic E-state index is 5.05. The molecular formula is C24H21N3. The van der Waals surface area contributed by atoms with Gasteiger partial charge in [0.15, 0.2) is 0 Å². The zero-order chi connectivity index (χ0) is 18.5. The molecule has 0 amide bonds. The molecule has 5 rings (SSSR count). The van der Waals surface area contributed by atoms with Crippen molar-refractivity contribution < 1.29 is 0 Å². The Morgan fingerprint density at radius 3 is 2.22 bits per heavy atom. The number of fused-ring (bicyclic) bond motifs is 5. The van der Waals surface area contributed by atoms with E-state index in [0.29, 0.717) is 0 Å². The van der Waals surface area contributed by atoms with E-state index < -0.39 is 0 Å². The van der Waals surface area contributed by atoms with Gasteiger partial charge < -0.3 is 0 Å². The molecule has 5 aromatic rings. The summed E-state index contributed by atoms with van der Waals surface area (Å²) >= 11 is 0. The maximum absolute atomic E-state index is 5.05. The topological polar surface area (TPSA) is 30.2 Å². The summed E-state index contributed by atoms with van der Waals surface area (Å²) in [6, 6.07) is 21.1. The van der Waals surface area contributed by atoms with Crippen molar-refractivity contribution in [3.8, 4) is 0 Å². The van der Waals surface area contributed by atoms with E-state index in [1.165, 1.54) is 22.3 Å². The fraction of sp³-hybridized carbons (Fsp3) is 0.167. The summed E-state index contributed by atoms with van der Waals surface area (Å²) < 4.78 is 2.23. The highest BCUT2D eigenvalue weighted by Crippen LogP contribution is 2.27. The van der Waals surface area contributed by atoms with Crippen molar-refractivity contribution in [3.05, 3.63) is 88.7 Å². The van der Waals surface area contributed by atoms with Crippen LogP contribution in [0.15, 0.2) is 60.7 Å². The van der Waals surface area contributed by atoms with E-state index in [2.05, 4.69) is 73.7 Å². The van der Waals surface area contributed by atoms with Crippen molar-refractivity contribution in [1.29, 1.82) is 0 Å². The Morgan fingerprint density at radius 2 is 1.44 bits per heavy atom. The Bertz CT molecular complexity index is 1310. The van der Waals surface area contributed by atoms with Gasteiger partial charge in [-0.15, -0.1) is 0 Å². The summed E-state index contributed by atoms with van der Waals surface area (Å²) in [5.41, 5.74) is 9.40. The van der Waals surface area contributed by atoms with Crippen LogP contribution in [0.2, 0.25) is 0 Å². The van der Waals surface area contributed by atoms with Gasteiger partial charge in [0, 0.05) is 11.8 Å². The third-order valence-electron chi connectivity index (χ3n) is 5.39. The molecule has 0 radical (unpaired) electrons. The molecule has 2 heterocycles. The summed E-state index contributed by atoms with van der Waals surface area (Å²) in [5.74, 6) is 1.03. The minimum Gasteiger partial charge on any atom is -0.279 e. The highest BCUT2D eigenvalue weighted by molar-refractivity contribution is 5.96. The lowest BCUT2D eigenvalue weighted by Crippen LogP contribution is -2.06. The van der Waals surface area contributed by atoms with Crippen molar-refractivity contribution in [1.82, 2.24) is 14.4 Å². The van der Waals surface area contributed by atoms with Gasteiger partial charge in [-0.2, -0.15) is 0 Å². The predicted octanol–water partition coefficient (Wildman–Crippen LogP) is 5.55. The van der Waals surface area contributed by atoms with Gasteiger partial charge in [0.25, 0.3) is 0 Å². The highest BCUT2D eigenvalue weighted by Gasteiger charge is 2.15. The monoisotopic (exact) mass is 351 g/mol. The van der Waals surface area contributed by atoms with Gasteiger partial charge >= 0.3 is 0 Å². The van der Waals surface area contributed by atoms with Crippen LogP contribution in [0.3, 0.4) is 0 Å². The third kappa shape index (κ3) is 2.50. The zero-order valence-electron chi connectivity index (χ0n) is 15.8. The molecule has 0 aliphatic heterocycles. The number of hydrogen-bond donors (Lipinski definition) is 0. The van der Waals surface area contributed by atoms with Gasteiger partial charge in [-0.25, -0.2) is 9.97 Å². The van der Waals surface area contributed by atoms with Crippen molar-refractivity contribution in [2.24, 2.45) is 0 Å². The molecule has 0 saturated carbocycles. The average Bonchev–Trinajstić information content (AvgIpc) is 3.04. The molecule has 0 aliphatic carbocycles.